The Hall–Kier alpha value is -0.340. The topological polar surface area (TPSA) is 29.5 Å². The van der Waals surface area contributed by atoms with Gasteiger partial charge in [0, 0.05) is 6.61 Å². The lowest BCUT2D eigenvalue weighted by molar-refractivity contribution is -0.00631. The summed E-state index contributed by atoms with van der Waals surface area (Å²) in [5, 5.41) is 10.2. The number of hydrogen-bond donors (Lipinski definition) is 1. The summed E-state index contributed by atoms with van der Waals surface area (Å²) in [5.41, 5.74) is 1.33. The van der Waals surface area contributed by atoms with Gasteiger partial charge in [0.1, 0.15) is 0 Å². The van der Waals surface area contributed by atoms with Crippen LogP contribution in [0, 0.1) is 23.7 Å². The summed E-state index contributed by atoms with van der Waals surface area (Å²) >= 11 is 0. The van der Waals surface area contributed by atoms with Gasteiger partial charge >= 0.3 is 0 Å². The first-order valence-electron chi connectivity index (χ1n) is 9.37. The quantitative estimate of drug-likeness (QED) is 0.593. The minimum absolute atomic E-state index is 0.200. The van der Waals surface area contributed by atoms with Crippen molar-refractivity contribution in [3.63, 3.8) is 0 Å². The van der Waals surface area contributed by atoms with Gasteiger partial charge in [-0.25, -0.2) is 0 Å². The molecule has 0 heterocycles. The van der Waals surface area contributed by atoms with E-state index in [0.29, 0.717) is 5.92 Å². The van der Waals surface area contributed by atoms with Gasteiger partial charge < -0.3 is 9.84 Å². The van der Waals surface area contributed by atoms with E-state index in [-0.39, 0.29) is 18.1 Å². The van der Waals surface area contributed by atoms with Crippen molar-refractivity contribution < 1.29 is 9.84 Å². The summed E-state index contributed by atoms with van der Waals surface area (Å²) in [5.74, 6) is 2.25. The Bertz CT molecular complexity index is 335. The lowest BCUT2D eigenvalue weighted by Crippen LogP contribution is -2.39. The maximum atomic E-state index is 10.2. The number of rotatable bonds is 9. The van der Waals surface area contributed by atoms with Crippen LogP contribution in [-0.2, 0) is 4.74 Å². The van der Waals surface area contributed by atoms with Crippen LogP contribution in [0.3, 0.4) is 0 Å². The molecule has 0 fully saturated rings. The average molecular weight is 311 g/mol. The molecule has 130 valence electrons. The minimum Gasteiger partial charge on any atom is -0.389 e. The Balaban J connectivity index is 2.52. The first-order chi connectivity index (χ1) is 10.4. The van der Waals surface area contributed by atoms with Crippen LogP contribution in [0.25, 0.3) is 0 Å². The predicted octanol–water partition coefficient (Wildman–Crippen LogP) is 5.21. The fraction of sp³-hybridized carbons (Fsp3) is 0.900. The molecule has 1 rings (SSSR count). The molecule has 2 nitrogen and oxygen atoms in total. The standard InChI is InChI=1S/C20H38O2/c1-7-22-20-17(6)16(5)19(21)13-18(20)12-11-15(4)10-8-9-14(2)3/h13-17,19-21H,7-12H2,1-6H3. The van der Waals surface area contributed by atoms with Crippen LogP contribution in [0.2, 0.25) is 0 Å². The van der Waals surface area contributed by atoms with Crippen LogP contribution in [0.1, 0.15) is 73.6 Å². The summed E-state index contributed by atoms with van der Waals surface area (Å²) in [7, 11) is 0. The third-order valence-corrected chi connectivity index (χ3v) is 5.35. The molecule has 0 aromatic heterocycles. The van der Waals surface area contributed by atoms with Gasteiger partial charge in [-0.15, -0.1) is 0 Å². The van der Waals surface area contributed by atoms with Crippen molar-refractivity contribution in [2.75, 3.05) is 6.61 Å². The van der Waals surface area contributed by atoms with Gasteiger partial charge in [-0.05, 0) is 49.0 Å². The Morgan fingerprint density at radius 1 is 1.09 bits per heavy atom. The van der Waals surface area contributed by atoms with Crippen molar-refractivity contribution in [2.24, 2.45) is 23.7 Å². The second-order valence-electron chi connectivity index (χ2n) is 7.79. The fourth-order valence-electron chi connectivity index (χ4n) is 3.49. The number of hydrogen-bond acceptors (Lipinski definition) is 2. The molecule has 0 saturated heterocycles. The highest BCUT2D eigenvalue weighted by Gasteiger charge is 2.34. The van der Waals surface area contributed by atoms with Crippen molar-refractivity contribution in [1.82, 2.24) is 0 Å². The second-order valence-corrected chi connectivity index (χ2v) is 7.79. The normalized spacial score (nSPS) is 30.5. The summed E-state index contributed by atoms with van der Waals surface area (Å²) < 4.78 is 5.99. The fourth-order valence-corrected chi connectivity index (χ4v) is 3.49. The first-order valence-corrected chi connectivity index (χ1v) is 9.37. The SMILES string of the molecule is CCOC1C(CCC(C)CCCC(C)C)=CC(O)C(C)C1C. The lowest BCUT2D eigenvalue weighted by Gasteiger charge is -2.37. The van der Waals surface area contributed by atoms with Crippen LogP contribution in [-0.4, -0.2) is 23.9 Å². The van der Waals surface area contributed by atoms with Crippen LogP contribution in [0.4, 0.5) is 0 Å². The van der Waals surface area contributed by atoms with Gasteiger partial charge in [0.15, 0.2) is 0 Å². The average Bonchev–Trinajstić information content (AvgIpc) is 2.46. The maximum Gasteiger partial charge on any atom is 0.0814 e. The molecule has 1 aliphatic rings. The number of aliphatic hydroxyl groups excluding tert-OH is 1. The van der Waals surface area contributed by atoms with Gasteiger partial charge in [-0.3, -0.25) is 0 Å². The van der Waals surface area contributed by atoms with Crippen LogP contribution < -0.4 is 0 Å². The molecule has 1 aliphatic carbocycles. The Morgan fingerprint density at radius 2 is 1.77 bits per heavy atom. The summed E-state index contributed by atoms with van der Waals surface area (Å²) in [6, 6.07) is 0. The molecule has 0 aromatic carbocycles. The van der Waals surface area contributed by atoms with Crippen molar-refractivity contribution in [1.29, 1.82) is 0 Å². The van der Waals surface area contributed by atoms with Crippen molar-refractivity contribution in [3.8, 4) is 0 Å². The highest BCUT2D eigenvalue weighted by molar-refractivity contribution is 5.18. The van der Waals surface area contributed by atoms with Gasteiger partial charge in [0.2, 0.25) is 0 Å². The van der Waals surface area contributed by atoms with Gasteiger partial charge in [0.05, 0.1) is 12.2 Å². The minimum atomic E-state index is -0.307. The highest BCUT2D eigenvalue weighted by Crippen LogP contribution is 2.35. The van der Waals surface area contributed by atoms with E-state index >= 15 is 0 Å². The monoisotopic (exact) mass is 310 g/mol. The largest absolute Gasteiger partial charge is 0.389 e. The third kappa shape index (κ3) is 6.04. The molecular weight excluding hydrogens is 272 g/mol. The van der Waals surface area contributed by atoms with E-state index in [9.17, 15) is 5.11 Å². The Labute approximate surface area is 138 Å². The number of ether oxygens (including phenoxy) is 1. The van der Waals surface area contributed by atoms with Crippen LogP contribution in [0.15, 0.2) is 11.6 Å². The van der Waals surface area contributed by atoms with E-state index in [1.54, 1.807) is 0 Å². The molecule has 5 atom stereocenters. The molecule has 0 bridgehead atoms. The molecule has 0 amide bonds. The highest BCUT2D eigenvalue weighted by atomic mass is 16.5. The third-order valence-electron chi connectivity index (χ3n) is 5.35. The molecule has 0 aliphatic heterocycles. The lowest BCUT2D eigenvalue weighted by atomic mass is 9.76. The molecule has 5 unspecified atom stereocenters. The Kier molecular flexibility index (Phi) is 8.71. The second kappa shape index (κ2) is 9.72. The van der Waals surface area contributed by atoms with E-state index in [0.717, 1.165) is 24.9 Å². The first kappa shape index (κ1) is 19.7. The smallest absolute Gasteiger partial charge is 0.0814 e. The van der Waals surface area contributed by atoms with Crippen molar-refractivity contribution >= 4 is 0 Å². The van der Waals surface area contributed by atoms with Crippen molar-refractivity contribution in [2.45, 2.75) is 85.9 Å². The van der Waals surface area contributed by atoms with E-state index in [1.807, 2.05) is 0 Å². The van der Waals surface area contributed by atoms with E-state index in [1.165, 1.54) is 31.3 Å². The molecule has 0 saturated carbocycles. The van der Waals surface area contributed by atoms with E-state index < -0.39 is 0 Å². The van der Waals surface area contributed by atoms with Gasteiger partial charge in [-0.2, -0.15) is 0 Å². The van der Waals surface area contributed by atoms with E-state index in [4.69, 9.17) is 4.74 Å². The predicted molar refractivity (Wildman–Crippen MR) is 94.9 cm³/mol. The van der Waals surface area contributed by atoms with Crippen LogP contribution >= 0.6 is 0 Å². The molecule has 0 spiro atoms. The zero-order valence-electron chi connectivity index (χ0n) is 15.6. The van der Waals surface area contributed by atoms with Crippen molar-refractivity contribution in [3.05, 3.63) is 11.6 Å². The number of aliphatic hydroxyl groups is 1. The van der Waals surface area contributed by atoms with Crippen LogP contribution in [0.5, 0.6) is 0 Å². The summed E-state index contributed by atoms with van der Waals surface area (Å²) in [4.78, 5) is 0. The zero-order chi connectivity index (χ0) is 16.7. The van der Waals surface area contributed by atoms with Gasteiger partial charge in [0.25, 0.3) is 0 Å². The summed E-state index contributed by atoms with van der Waals surface area (Å²) in [6.07, 6.45) is 8.24. The van der Waals surface area contributed by atoms with E-state index in [2.05, 4.69) is 47.6 Å². The molecule has 1 N–H and O–H groups in total. The zero-order valence-corrected chi connectivity index (χ0v) is 15.6. The van der Waals surface area contributed by atoms with Gasteiger partial charge in [-0.1, -0.05) is 60.0 Å². The maximum absolute atomic E-state index is 10.2. The molecule has 22 heavy (non-hydrogen) atoms. The molecule has 0 aromatic rings. The Morgan fingerprint density at radius 3 is 2.36 bits per heavy atom. The molecular formula is C20H38O2. The molecule has 2 heteroatoms. The summed E-state index contributed by atoms with van der Waals surface area (Å²) in [6.45, 7) is 14.1. The molecule has 0 radical (unpaired) electrons.